The van der Waals surface area contributed by atoms with Crippen molar-refractivity contribution in [3.63, 3.8) is 0 Å². The lowest BCUT2D eigenvalue weighted by Crippen LogP contribution is -2.35. The molecule has 0 aromatic heterocycles. The predicted molar refractivity (Wildman–Crippen MR) is 73.3 cm³/mol. The van der Waals surface area contributed by atoms with Crippen molar-refractivity contribution < 1.29 is 0 Å². The predicted octanol–water partition coefficient (Wildman–Crippen LogP) is 2.43. The van der Waals surface area contributed by atoms with Crippen LogP contribution in [-0.4, -0.2) is 50.0 Å². The molecule has 2 fully saturated rings. The molecule has 0 saturated heterocycles. The maximum Gasteiger partial charge on any atom is 0.195 e. The van der Waals surface area contributed by atoms with E-state index in [-0.39, 0.29) is 0 Å². The molecular weight excluding hydrogens is 210 g/mol. The van der Waals surface area contributed by atoms with E-state index in [1.807, 2.05) is 0 Å². The van der Waals surface area contributed by atoms with E-state index < -0.39 is 0 Å². The van der Waals surface area contributed by atoms with Crippen molar-refractivity contribution in [1.82, 2.24) is 9.80 Å². The molecule has 0 radical (unpaired) electrons. The van der Waals surface area contributed by atoms with Crippen LogP contribution in [0.1, 0.15) is 38.5 Å². The highest BCUT2D eigenvalue weighted by atomic mass is 15.3. The van der Waals surface area contributed by atoms with E-state index in [4.69, 9.17) is 4.99 Å². The van der Waals surface area contributed by atoms with Gasteiger partial charge in [0.05, 0.1) is 6.04 Å². The van der Waals surface area contributed by atoms with Crippen molar-refractivity contribution in [3.05, 3.63) is 0 Å². The molecular formula is C14H27N3. The van der Waals surface area contributed by atoms with Crippen LogP contribution in [0.2, 0.25) is 0 Å². The summed E-state index contributed by atoms with van der Waals surface area (Å²) in [5.41, 5.74) is 0. The van der Waals surface area contributed by atoms with Crippen molar-refractivity contribution in [2.75, 3.05) is 28.2 Å². The second kappa shape index (κ2) is 5.28. The number of hydrogen-bond acceptors (Lipinski definition) is 1. The number of rotatable bonds is 2. The van der Waals surface area contributed by atoms with Crippen molar-refractivity contribution in [1.29, 1.82) is 0 Å². The summed E-state index contributed by atoms with van der Waals surface area (Å²) in [5.74, 6) is 2.99. The minimum absolute atomic E-state index is 0.609. The van der Waals surface area contributed by atoms with Crippen LogP contribution in [-0.2, 0) is 0 Å². The Kier molecular flexibility index (Phi) is 3.95. The summed E-state index contributed by atoms with van der Waals surface area (Å²) < 4.78 is 0. The molecule has 0 amide bonds. The van der Waals surface area contributed by atoms with Gasteiger partial charge in [-0.15, -0.1) is 0 Å². The van der Waals surface area contributed by atoms with E-state index in [1.54, 1.807) is 0 Å². The minimum atomic E-state index is 0.609. The zero-order valence-electron chi connectivity index (χ0n) is 11.8. The Hall–Kier alpha value is -0.730. The fraction of sp³-hybridized carbons (Fsp3) is 0.929. The third kappa shape index (κ3) is 3.14. The number of aliphatic imine (C=N–C) groups is 1. The summed E-state index contributed by atoms with van der Waals surface area (Å²) >= 11 is 0. The van der Waals surface area contributed by atoms with Crippen LogP contribution < -0.4 is 0 Å². The monoisotopic (exact) mass is 237 g/mol. The van der Waals surface area contributed by atoms with Gasteiger partial charge in [0.2, 0.25) is 0 Å². The van der Waals surface area contributed by atoms with E-state index in [0.717, 1.165) is 17.8 Å². The summed E-state index contributed by atoms with van der Waals surface area (Å²) in [5, 5.41) is 0. The maximum absolute atomic E-state index is 4.91. The number of hydrogen-bond donors (Lipinski definition) is 0. The first kappa shape index (κ1) is 12.7. The van der Waals surface area contributed by atoms with Crippen molar-refractivity contribution >= 4 is 5.96 Å². The van der Waals surface area contributed by atoms with E-state index in [2.05, 4.69) is 38.0 Å². The van der Waals surface area contributed by atoms with Gasteiger partial charge >= 0.3 is 0 Å². The lowest BCUT2D eigenvalue weighted by molar-refractivity contribution is 0.317. The molecule has 2 aliphatic rings. The van der Waals surface area contributed by atoms with E-state index >= 15 is 0 Å². The van der Waals surface area contributed by atoms with Crippen LogP contribution in [0.25, 0.3) is 0 Å². The van der Waals surface area contributed by atoms with Gasteiger partial charge in [0, 0.05) is 28.2 Å². The molecule has 0 spiro atoms. The van der Waals surface area contributed by atoms with E-state index in [9.17, 15) is 0 Å². The number of guanidine groups is 1. The highest BCUT2D eigenvalue weighted by molar-refractivity contribution is 5.79. The average molecular weight is 237 g/mol. The molecule has 0 bridgehead atoms. The van der Waals surface area contributed by atoms with Gasteiger partial charge in [-0.2, -0.15) is 0 Å². The van der Waals surface area contributed by atoms with Crippen molar-refractivity contribution in [3.8, 4) is 0 Å². The summed E-state index contributed by atoms with van der Waals surface area (Å²) in [6.07, 6.45) is 8.59. The second-order valence-electron chi connectivity index (χ2n) is 6.08. The largest absolute Gasteiger partial charge is 0.349 e. The molecule has 98 valence electrons. The molecule has 2 unspecified atom stereocenters. The Morgan fingerprint density at radius 3 is 2.06 bits per heavy atom. The van der Waals surface area contributed by atoms with Gasteiger partial charge in [-0.1, -0.05) is 32.1 Å². The average Bonchev–Trinajstić information content (AvgIpc) is 3.05. The molecule has 2 saturated carbocycles. The third-order valence-corrected chi connectivity index (χ3v) is 4.14. The smallest absolute Gasteiger partial charge is 0.195 e. The van der Waals surface area contributed by atoms with Crippen LogP contribution in [0, 0.1) is 11.8 Å². The standard InChI is InChI=1S/C14H27N3/c1-16(2)14(17(3)4)15-13-10-12(13)11-8-6-5-7-9-11/h11-13H,5-10H2,1-4H3. The molecule has 2 aliphatic carbocycles. The molecule has 2 atom stereocenters. The maximum atomic E-state index is 4.91. The van der Waals surface area contributed by atoms with Crippen molar-refractivity contribution in [2.45, 2.75) is 44.6 Å². The molecule has 0 aromatic carbocycles. The second-order valence-corrected chi connectivity index (χ2v) is 6.08. The Morgan fingerprint density at radius 1 is 0.941 bits per heavy atom. The molecule has 0 heterocycles. The first-order valence-corrected chi connectivity index (χ1v) is 7.02. The topological polar surface area (TPSA) is 18.8 Å². The van der Waals surface area contributed by atoms with Crippen LogP contribution in [0.3, 0.4) is 0 Å². The third-order valence-electron chi connectivity index (χ3n) is 4.14. The van der Waals surface area contributed by atoms with E-state index in [1.165, 1.54) is 38.5 Å². The van der Waals surface area contributed by atoms with Gasteiger partial charge in [-0.05, 0) is 18.3 Å². The first-order chi connectivity index (χ1) is 8.09. The van der Waals surface area contributed by atoms with Crippen LogP contribution >= 0.6 is 0 Å². The van der Waals surface area contributed by atoms with Gasteiger partial charge in [-0.25, -0.2) is 4.99 Å². The Labute approximate surface area is 106 Å². The minimum Gasteiger partial charge on any atom is -0.349 e. The number of nitrogens with zero attached hydrogens (tertiary/aromatic N) is 3. The van der Waals surface area contributed by atoms with Gasteiger partial charge < -0.3 is 9.80 Å². The van der Waals surface area contributed by atoms with Gasteiger partial charge in [0.1, 0.15) is 0 Å². The molecule has 2 rings (SSSR count). The lowest BCUT2D eigenvalue weighted by atomic mass is 9.85. The Morgan fingerprint density at radius 2 is 1.53 bits per heavy atom. The van der Waals surface area contributed by atoms with Crippen LogP contribution in [0.15, 0.2) is 4.99 Å². The molecule has 3 heteroatoms. The Bertz CT molecular complexity index is 267. The Balaban J connectivity index is 1.90. The molecule has 17 heavy (non-hydrogen) atoms. The quantitative estimate of drug-likeness (QED) is 0.542. The van der Waals surface area contributed by atoms with Crippen LogP contribution in [0.4, 0.5) is 0 Å². The first-order valence-electron chi connectivity index (χ1n) is 7.02. The van der Waals surface area contributed by atoms with Crippen LogP contribution in [0.5, 0.6) is 0 Å². The van der Waals surface area contributed by atoms with Gasteiger partial charge in [0.25, 0.3) is 0 Å². The SMILES string of the molecule is CN(C)C(=NC1CC1C1CCCCC1)N(C)C. The summed E-state index contributed by atoms with van der Waals surface area (Å²) in [6, 6.07) is 0.609. The molecule has 0 aromatic rings. The molecule has 3 nitrogen and oxygen atoms in total. The summed E-state index contributed by atoms with van der Waals surface area (Å²) in [4.78, 5) is 9.15. The summed E-state index contributed by atoms with van der Waals surface area (Å²) in [6.45, 7) is 0. The molecule has 0 aliphatic heterocycles. The lowest BCUT2D eigenvalue weighted by Gasteiger charge is -2.24. The zero-order chi connectivity index (χ0) is 12.4. The summed E-state index contributed by atoms with van der Waals surface area (Å²) in [7, 11) is 8.32. The van der Waals surface area contributed by atoms with Crippen molar-refractivity contribution in [2.24, 2.45) is 16.8 Å². The van der Waals surface area contributed by atoms with Gasteiger partial charge in [-0.3, -0.25) is 0 Å². The van der Waals surface area contributed by atoms with Gasteiger partial charge in [0.15, 0.2) is 5.96 Å². The zero-order valence-corrected chi connectivity index (χ0v) is 11.8. The normalized spacial score (nSPS) is 28.7. The fourth-order valence-corrected chi connectivity index (χ4v) is 3.20. The van der Waals surface area contributed by atoms with E-state index in [0.29, 0.717) is 6.04 Å². The fourth-order valence-electron chi connectivity index (χ4n) is 3.20. The highest BCUT2D eigenvalue weighted by Crippen LogP contribution is 2.46. The molecule has 0 N–H and O–H groups in total. The highest BCUT2D eigenvalue weighted by Gasteiger charge is 2.43.